The van der Waals surface area contributed by atoms with Crippen LogP contribution >= 0.6 is 22.9 Å². The van der Waals surface area contributed by atoms with Gasteiger partial charge < -0.3 is 9.47 Å². The quantitative estimate of drug-likeness (QED) is 0.149. The van der Waals surface area contributed by atoms with Gasteiger partial charge in [-0.25, -0.2) is 13.1 Å². The lowest BCUT2D eigenvalue weighted by Gasteiger charge is -2.33. The minimum Gasteiger partial charge on any atom is -0.488 e. The molecule has 5 aromatic rings. The fourth-order valence-corrected chi connectivity index (χ4v) is 9.41. The molecule has 0 bridgehead atoms. The van der Waals surface area contributed by atoms with Gasteiger partial charge in [-0.3, -0.25) is 4.79 Å². The number of ether oxygens (including phenoxy) is 2. The van der Waals surface area contributed by atoms with Gasteiger partial charge in [-0.2, -0.15) is 4.31 Å². The van der Waals surface area contributed by atoms with E-state index in [0.717, 1.165) is 32.6 Å². The fourth-order valence-electron chi connectivity index (χ4n) is 6.21. The minimum absolute atomic E-state index is 0.0497. The summed E-state index contributed by atoms with van der Waals surface area (Å²) in [4.78, 5) is 14.9. The molecule has 0 N–H and O–H groups in total. The van der Waals surface area contributed by atoms with Crippen LogP contribution in [0.4, 0.5) is 0 Å². The number of esters is 1. The van der Waals surface area contributed by atoms with Crippen LogP contribution in [0.1, 0.15) is 60.7 Å². The molecule has 12 heteroatoms. The molecule has 2 aromatic heterocycles. The Bertz CT molecular complexity index is 2040. The number of thiophene rings is 1. The molecular formula is C35H37ClN4O5S2. The highest BCUT2D eigenvalue weighted by Gasteiger charge is 2.43. The Morgan fingerprint density at radius 2 is 1.85 bits per heavy atom. The predicted molar refractivity (Wildman–Crippen MR) is 183 cm³/mol. The molecule has 0 spiro atoms. The van der Waals surface area contributed by atoms with Gasteiger partial charge in [0.1, 0.15) is 28.9 Å². The molecule has 2 atom stereocenters. The maximum Gasteiger partial charge on any atom is 0.312 e. The molecule has 246 valence electrons. The number of benzene rings is 3. The summed E-state index contributed by atoms with van der Waals surface area (Å²) in [5, 5.41) is 8.79. The number of carbonyl (C=O) groups excluding carboxylic acids is 1. The molecule has 0 saturated heterocycles. The van der Waals surface area contributed by atoms with E-state index in [1.807, 2.05) is 87.8 Å². The Balaban J connectivity index is 1.40. The second-order valence-electron chi connectivity index (χ2n) is 12.4. The number of carbonyl (C=O) groups is 1. The van der Waals surface area contributed by atoms with Crippen LogP contribution in [0.5, 0.6) is 5.75 Å². The van der Waals surface area contributed by atoms with Gasteiger partial charge in [-0.05, 0) is 81.1 Å². The van der Waals surface area contributed by atoms with Gasteiger partial charge in [0.05, 0.1) is 21.8 Å². The van der Waals surface area contributed by atoms with E-state index in [-0.39, 0.29) is 36.7 Å². The molecule has 6 rings (SSSR count). The number of sulfonamides is 1. The van der Waals surface area contributed by atoms with Crippen LogP contribution in [0.2, 0.25) is 4.34 Å². The van der Waals surface area contributed by atoms with Crippen molar-refractivity contribution in [2.24, 2.45) is 5.41 Å². The van der Waals surface area contributed by atoms with Crippen LogP contribution in [0.3, 0.4) is 0 Å². The summed E-state index contributed by atoms with van der Waals surface area (Å²) >= 11 is 8.26. The summed E-state index contributed by atoms with van der Waals surface area (Å²) in [5.41, 5.74) is 3.96. The van der Waals surface area contributed by atoms with E-state index in [4.69, 9.17) is 21.1 Å². The Morgan fingerprint density at radius 3 is 2.60 bits per heavy atom. The zero-order chi connectivity index (χ0) is 33.5. The van der Waals surface area contributed by atoms with Gasteiger partial charge in [0.25, 0.3) is 0 Å². The SMILES string of the molecule is CCn1nnc2c(C)c([C@@H](c3cc(CN4C[C@@H](C)Oc5ccccc5S4(=O)=O)c(Cl)s3)C(C)(C)C(=O)OCc3ccccc3)ccc21. The van der Waals surface area contributed by atoms with Gasteiger partial charge in [-0.1, -0.05) is 65.3 Å². The molecule has 47 heavy (non-hydrogen) atoms. The third-order valence-electron chi connectivity index (χ3n) is 8.72. The third-order valence-corrected chi connectivity index (χ3v) is 12.1. The van der Waals surface area contributed by atoms with E-state index >= 15 is 0 Å². The summed E-state index contributed by atoms with van der Waals surface area (Å²) in [6.07, 6.45) is -0.373. The third kappa shape index (κ3) is 6.29. The smallest absolute Gasteiger partial charge is 0.312 e. The van der Waals surface area contributed by atoms with Crippen molar-refractivity contribution in [3.8, 4) is 5.75 Å². The van der Waals surface area contributed by atoms with Crippen molar-refractivity contribution in [3.05, 3.63) is 104 Å². The van der Waals surface area contributed by atoms with Gasteiger partial charge in [0, 0.05) is 23.9 Å². The highest BCUT2D eigenvalue weighted by atomic mass is 35.5. The summed E-state index contributed by atoms with van der Waals surface area (Å²) in [6.45, 7) is 10.6. The first-order chi connectivity index (χ1) is 22.4. The van der Waals surface area contributed by atoms with E-state index in [0.29, 0.717) is 22.2 Å². The Morgan fingerprint density at radius 1 is 1.13 bits per heavy atom. The molecule has 1 aliphatic rings. The topological polar surface area (TPSA) is 104 Å². The lowest BCUT2D eigenvalue weighted by atomic mass is 9.72. The van der Waals surface area contributed by atoms with Gasteiger partial charge >= 0.3 is 5.97 Å². The maximum absolute atomic E-state index is 14.0. The second-order valence-corrected chi connectivity index (χ2v) is 16.0. The van der Waals surface area contributed by atoms with Crippen LogP contribution in [0, 0.1) is 12.3 Å². The summed E-state index contributed by atoms with van der Waals surface area (Å²) in [5.74, 6) is -0.518. The molecule has 0 amide bonds. The maximum atomic E-state index is 14.0. The Hall–Kier alpha value is -3.77. The molecule has 3 heterocycles. The average molecular weight is 693 g/mol. The zero-order valence-corrected chi connectivity index (χ0v) is 29.3. The van der Waals surface area contributed by atoms with Gasteiger partial charge in [0.2, 0.25) is 10.0 Å². The lowest BCUT2D eigenvalue weighted by Crippen LogP contribution is -2.35. The van der Waals surface area contributed by atoms with E-state index in [1.54, 1.807) is 24.3 Å². The number of fused-ring (bicyclic) bond motifs is 2. The van der Waals surface area contributed by atoms with E-state index in [2.05, 4.69) is 10.3 Å². The first kappa shape index (κ1) is 33.1. The summed E-state index contributed by atoms with van der Waals surface area (Å²) < 4.78 is 43.2. The van der Waals surface area contributed by atoms with Crippen LogP contribution in [-0.2, 0) is 39.3 Å². The van der Waals surface area contributed by atoms with E-state index < -0.39 is 21.4 Å². The zero-order valence-electron chi connectivity index (χ0n) is 26.9. The van der Waals surface area contributed by atoms with Crippen molar-refractivity contribution in [2.45, 2.75) is 71.2 Å². The van der Waals surface area contributed by atoms with Crippen molar-refractivity contribution in [2.75, 3.05) is 6.54 Å². The largest absolute Gasteiger partial charge is 0.488 e. The summed E-state index contributed by atoms with van der Waals surface area (Å²) in [6, 6.07) is 22.2. The van der Waals surface area contributed by atoms with Crippen LogP contribution < -0.4 is 4.74 Å². The molecule has 0 aliphatic carbocycles. The normalized spacial score (nSPS) is 17.1. The number of aryl methyl sites for hydroxylation is 2. The highest BCUT2D eigenvalue weighted by Crippen LogP contribution is 2.48. The monoisotopic (exact) mass is 692 g/mol. The van der Waals surface area contributed by atoms with Gasteiger partial charge in [0.15, 0.2) is 0 Å². The molecule has 0 unspecified atom stereocenters. The minimum atomic E-state index is -3.87. The van der Waals surface area contributed by atoms with E-state index in [9.17, 15) is 13.2 Å². The van der Waals surface area contributed by atoms with Crippen molar-refractivity contribution < 1.29 is 22.7 Å². The standard InChI is InChI=1S/C35H37ClN4O5S2/c1-6-40-27-17-16-26(23(3)32(27)37-38-40)31(35(4,5)34(41)44-21-24-12-8-7-9-13-24)29-18-25(33(36)46-29)20-39-19-22(2)45-28-14-10-11-15-30(28)47(39,42)43/h7-18,22,31H,6,19-21H2,1-5H3/t22-,31+/m1/s1. The number of hydrogen-bond acceptors (Lipinski definition) is 8. The lowest BCUT2D eigenvalue weighted by molar-refractivity contribution is -0.156. The summed E-state index contributed by atoms with van der Waals surface area (Å²) in [7, 11) is -3.87. The molecule has 0 saturated carbocycles. The Labute approximate surface area is 284 Å². The van der Waals surface area contributed by atoms with Crippen molar-refractivity contribution in [1.29, 1.82) is 0 Å². The molecule has 9 nitrogen and oxygen atoms in total. The van der Waals surface area contributed by atoms with Crippen LogP contribution in [-0.4, -0.2) is 46.3 Å². The molecular weight excluding hydrogens is 656 g/mol. The fraction of sp³-hybridized carbons (Fsp3) is 0.343. The highest BCUT2D eigenvalue weighted by molar-refractivity contribution is 7.89. The molecule has 0 fully saturated rings. The number of halogens is 1. The van der Waals surface area contributed by atoms with Crippen molar-refractivity contribution >= 4 is 50.0 Å². The Kier molecular flexibility index (Phi) is 9.19. The van der Waals surface area contributed by atoms with Crippen LogP contribution in [0.25, 0.3) is 11.0 Å². The van der Waals surface area contributed by atoms with Gasteiger partial charge in [-0.15, -0.1) is 16.4 Å². The number of aromatic nitrogens is 3. The number of hydrogen-bond donors (Lipinski definition) is 0. The predicted octanol–water partition coefficient (Wildman–Crippen LogP) is 7.35. The first-order valence-corrected chi connectivity index (χ1v) is 18.1. The average Bonchev–Trinajstić information content (AvgIpc) is 3.61. The van der Waals surface area contributed by atoms with Crippen LogP contribution in [0.15, 0.2) is 77.7 Å². The number of nitrogens with zero attached hydrogens (tertiary/aromatic N) is 4. The molecule has 0 radical (unpaired) electrons. The molecule has 3 aromatic carbocycles. The van der Waals surface area contributed by atoms with Crippen molar-refractivity contribution in [1.82, 2.24) is 19.3 Å². The molecule has 1 aliphatic heterocycles. The van der Waals surface area contributed by atoms with E-state index in [1.165, 1.54) is 15.6 Å². The second kappa shape index (κ2) is 13.0. The first-order valence-electron chi connectivity index (χ1n) is 15.5. The number of para-hydroxylation sites is 1. The number of rotatable bonds is 9. The van der Waals surface area contributed by atoms with Crippen molar-refractivity contribution in [3.63, 3.8) is 0 Å².